The van der Waals surface area contributed by atoms with Gasteiger partial charge in [-0.25, -0.2) is 0 Å². The van der Waals surface area contributed by atoms with E-state index in [9.17, 15) is 4.79 Å². The zero-order valence-corrected chi connectivity index (χ0v) is 16.0. The maximum Gasteiger partial charge on any atom is 0.253 e. The van der Waals surface area contributed by atoms with Crippen molar-refractivity contribution >= 4 is 5.91 Å². The molecule has 1 amide bonds. The Bertz CT molecular complexity index is 984. The lowest BCUT2D eigenvalue weighted by molar-refractivity contribution is 0.00908. The summed E-state index contributed by atoms with van der Waals surface area (Å²) in [5.41, 5.74) is 1.46. The van der Waals surface area contributed by atoms with E-state index in [1.807, 2.05) is 47.4 Å². The maximum atomic E-state index is 13.1. The Morgan fingerprint density at radius 2 is 1.79 bits per heavy atom. The lowest BCUT2D eigenvalue weighted by Gasteiger charge is -2.36. The lowest BCUT2D eigenvalue weighted by Crippen LogP contribution is -2.37. The molecule has 148 valence electrons. The number of amides is 1. The number of aromatic nitrogens is 3. The normalized spacial score (nSPS) is 20.8. The molecule has 0 aliphatic carbocycles. The third-order valence-corrected chi connectivity index (χ3v) is 6.11. The molecule has 0 unspecified atom stereocenters. The van der Waals surface area contributed by atoms with E-state index in [-0.39, 0.29) is 17.2 Å². The highest BCUT2D eigenvalue weighted by Gasteiger charge is 2.51. The summed E-state index contributed by atoms with van der Waals surface area (Å²) in [6.45, 7) is 2.64. The Morgan fingerprint density at radius 1 is 1.03 bits per heavy atom. The van der Waals surface area contributed by atoms with Crippen molar-refractivity contribution in [3.05, 3.63) is 66.3 Å². The molecule has 29 heavy (non-hydrogen) atoms. The van der Waals surface area contributed by atoms with Crippen molar-refractivity contribution < 1.29 is 13.9 Å². The summed E-state index contributed by atoms with van der Waals surface area (Å²) in [5.74, 6) is 1.13. The predicted octanol–water partition coefficient (Wildman–Crippen LogP) is 3.17. The number of hydrogen-bond donors (Lipinski definition) is 0. The molecule has 5 rings (SSSR count). The van der Waals surface area contributed by atoms with E-state index in [0.29, 0.717) is 43.6 Å². The quantitative estimate of drug-likeness (QED) is 0.683. The lowest BCUT2D eigenvalue weighted by atomic mass is 9.72. The van der Waals surface area contributed by atoms with Crippen LogP contribution in [0.2, 0.25) is 0 Å². The van der Waals surface area contributed by atoms with Crippen LogP contribution in [0.1, 0.15) is 35.0 Å². The van der Waals surface area contributed by atoms with E-state index < -0.39 is 0 Å². The number of carbonyl (C=O) groups is 1. The fourth-order valence-corrected chi connectivity index (χ4v) is 4.50. The Kier molecular flexibility index (Phi) is 4.60. The number of pyridine rings is 1. The van der Waals surface area contributed by atoms with Crippen molar-refractivity contribution in [3.63, 3.8) is 0 Å². The molecule has 2 aliphatic rings. The first-order valence-corrected chi connectivity index (χ1v) is 9.91. The third-order valence-electron chi connectivity index (χ3n) is 6.11. The van der Waals surface area contributed by atoms with Crippen molar-refractivity contribution in [3.8, 4) is 11.5 Å². The molecule has 1 spiro atoms. The number of hydrogen-bond acceptors (Lipinski definition) is 6. The zero-order chi connectivity index (χ0) is 19.7. The molecule has 2 aromatic heterocycles. The number of nitrogens with zero attached hydrogens (tertiary/aromatic N) is 4. The molecule has 0 bridgehead atoms. The molecular weight excluding hydrogens is 368 g/mol. The largest absolute Gasteiger partial charge is 0.420 e. The van der Waals surface area contributed by atoms with Crippen LogP contribution in [0.4, 0.5) is 0 Å². The number of benzene rings is 1. The maximum absolute atomic E-state index is 13.1. The van der Waals surface area contributed by atoms with Crippen LogP contribution in [0.3, 0.4) is 0 Å². The molecule has 2 fully saturated rings. The second-order valence-corrected chi connectivity index (χ2v) is 7.76. The van der Waals surface area contributed by atoms with Gasteiger partial charge in [0.1, 0.15) is 0 Å². The van der Waals surface area contributed by atoms with Gasteiger partial charge in [0.05, 0.1) is 5.92 Å². The van der Waals surface area contributed by atoms with E-state index in [1.165, 1.54) is 0 Å². The fourth-order valence-electron chi connectivity index (χ4n) is 4.50. The SMILES string of the molecule is O=C(c1ccccc1)N1C[C@H](c2nnc(-c3ccncc3)o2)C2(CCOCC2)C1. The molecule has 2 aliphatic heterocycles. The Balaban J connectivity index is 1.46. The third kappa shape index (κ3) is 3.31. The molecule has 0 N–H and O–H groups in total. The number of rotatable bonds is 3. The number of likely N-dealkylation sites (tertiary alicyclic amines) is 1. The summed E-state index contributed by atoms with van der Waals surface area (Å²) in [7, 11) is 0. The van der Waals surface area contributed by atoms with Gasteiger partial charge in [-0.2, -0.15) is 0 Å². The average molecular weight is 390 g/mol. The molecule has 0 saturated carbocycles. The first-order valence-electron chi connectivity index (χ1n) is 9.91. The van der Waals surface area contributed by atoms with Crippen LogP contribution in [0.15, 0.2) is 59.3 Å². The molecule has 3 aromatic rings. The van der Waals surface area contributed by atoms with Crippen molar-refractivity contribution in [1.82, 2.24) is 20.1 Å². The minimum absolute atomic E-state index is 0.00199. The number of ether oxygens (including phenoxy) is 1. The van der Waals surface area contributed by atoms with Crippen molar-refractivity contribution in [1.29, 1.82) is 0 Å². The molecule has 1 atom stereocenters. The van der Waals surface area contributed by atoms with E-state index >= 15 is 0 Å². The molecular formula is C22H22N4O3. The molecule has 4 heterocycles. The molecule has 2 saturated heterocycles. The van der Waals surface area contributed by atoms with Gasteiger partial charge in [0.2, 0.25) is 11.8 Å². The van der Waals surface area contributed by atoms with Gasteiger partial charge < -0.3 is 14.1 Å². The van der Waals surface area contributed by atoms with Gasteiger partial charge in [-0.05, 0) is 37.1 Å². The first-order chi connectivity index (χ1) is 14.3. The van der Waals surface area contributed by atoms with Crippen LogP contribution in [0.5, 0.6) is 0 Å². The average Bonchev–Trinajstić information content (AvgIpc) is 3.40. The van der Waals surface area contributed by atoms with E-state index in [2.05, 4.69) is 15.2 Å². The Labute approximate surface area is 168 Å². The van der Waals surface area contributed by atoms with Gasteiger partial charge in [-0.15, -0.1) is 10.2 Å². The smallest absolute Gasteiger partial charge is 0.253 e. The van der Waals surface area contributed by atoms with E-state index in [1.54, 1.807) is 12.4 Å². The molecule has 1 aromatic carbocycles. The summed E-state index contributed by atoms with van der Waals surface area (Å²) in [5, 5.41) is 8.63. The summed E-state index contributed by atoms with van der Waals surface area (Å²) in [4.78, 5) is 19.1. The van der Waals surface area contributed by atoms with Crippen LogP contribution in [-0.4, -0.2) is 52.3 Å². The molecule has 7 heteroatoms. The standard InChI is InChI=1S/C22H22N4O3/c27-21(17-4-2-1-3-5-17)26-14-18(22(15-26)8-12-28-13-9-22)20-25-24-19(29-20)16-6-10-23-11-7-16/h1-7,10-11,18H,8-9,12-15H2/t18-/m1/s1. The summed E-state index contributed by atoms with van der Waals surface area (Å²) < 4.78 is 11.7. The van der Waals surface area contributed by atoms with Gasteiger partial charge in [-0.1, -0.05) is 18.2 Å². The first kappa shape index (κ1) is 18.0. The number of carbonyl (C=O) groups excluding carboxylic acids is 1. The molecule has 7 nitrogen and oxygen atoms in total. The highest BCUT2D eigenvalue weighted by Crippen LogP contribution is 2.49. The van der Waals surface area contributed by atoms with Gasteiger partial charge in [0.15, 0.2) is 0 Å². The van der Waals surface area contributed by atoms with Crippen LogP contribution < -0.4 is 0 Å². The highest BCUT2D eigenvalue weighted by molar-refractivity contribution is 5.94. The topological polar surface area (TPSA) is 81.4 Å². The second kappa shape index (κ2) is 7.40. The second-order valence-electron chi connectivity index (χ2n) is 7.76. The van der Waals surface area contributed by atoms with E-state index in [0.717, 1.165) is 18.4 Å². The molecule has 0 radical (unpaired) electrons. The van der Waals surface area contributed by atoms with Crippen LogP contribution in [0, 0.1) is 5.41 Å². The minimum atomic E-state index is -0.0925. The summed E-state index contributed by atoms with van der Waals surface area (Å²) >= 11 is 0. The highest BCUT2D eigenvalue weighted by atomic mass is 16.5. The van der Waals surface area contributed by atoms with Crippen LogP contribution >= 0.6 is 0 Å². The fraction of sp³-hybridized carbons (Fsp3) is 0.364. The Hall–Kier alpha value is -3.06. The minimum Gasteiger partial charge on any atom is -0.420 e. The summed E-state index contributed by atoms with van der Waals surface area (Å²) in [6.07, 6.45) is 5.16. The van der Waals surface area contributed by atoms with Gasteiger partial charge in [0, 0.05) is 55.2 Å². The van der Waals surface area contributed by atoms with Gasteiger partial charge in [0.25, 0.3) is 5.91 Å². The van der Waals surface area contributed by atoms with E-state index in [4.69, 9.17) is 9.15 Å². The Morgan fingerprint density at radius 3 is 2.55 bits per heavy atom. The van der Waals surface area contributed by atoms with Gasteiger partial charge in [-0.3, -0.25) is 9.78 Å². The zero-order valence-electron chi connectivity index (χ0n) is 16.0. The summed E-state index contributed by atoms with van der Waals surface area (Å²) in [6, 6.07) is 13.1. The van der Waals surface area contributed by atoms with Crippen LogP contribution in [0.25, 0.3) is 11.5 Å². The van der Waals surface area contributed by atoms with Crippen molar-refractivity contribution in [2.45, 2.75) is 18.8 Å². The van der Waals surface area contributed by atoms with Crippen molar-refractivity contribution in [2.75, 3.05) is 26.3 Å². The van der Waals surface area contributed by atoms with Crippen LogP contribution in [-0.2, 0) is 4.74 Å². The predicted molar refractivity (Wildman–Crippen MR) is 105 cm³/mol. The van der Waals surface area contributed by atoms with Crippen molar-refractivity contribution in [2.24, 2.45) is 5.41 Å². The van der Waals surface area contributed by atoms with Gasteiger partial charge >= 0.3 is 0 Å². The monoisotopic (exact) mass is 390 g/mol.